The lowest BCUT2D eigenvalue weighted by Gasteiger charge is -2.13. The third-order valence-electron chi connectivity index (χ3n) is 4.67. The molecule has 7 nitrogen and oxygen atoms in total. The average molecular weight is 404 g/mol. The van der Waals surface area contributed by atoms with E-state index in [1.165, 1.54) is 0 Å². The molecule has 0 saturated heterocycles. The number of carbonyl (C=O) groups is 2. The Morgan fingerprint density at radius 1 is 1.07 bits per heavy atom. The lowest BCUT2D eigenvalue weighted by molar-refractivity contribution is -0.116. The summed E-state index contributed by atoms with van der Waals surface area (Å²) in [4.78, 5) is 25.1. The summed E-state index contributed by atoms with van der Waals surface area (Å²) in [5.41, 5.74) is 0.960. The van der Waals surface area contributed by atoms with E-state index in [0.717, 1.165) is 5.75 Å². The first-order chi connectivity index (χ1) is 14.5. The lowest BCUT2D eigenvalue weighted by atomic mass is 10.0. The number of para-hydroxylation sites is 1. The number of terminal acetylenes is 1. The number of nitrogens with zero attached hydrogens (tertiary/aromatic N) is 2. The maximum Gasteiger partial charge on any atom is 0.257 e. The maximum absolute atomic E-state index is 12.7. The van der Waals surface area contributed by atoms with Gasteiger partial charge in [0.1, 0.15) is 5.75 Å². The highest BCUT2D eigenvalue weighted by Crippen LogP contribution is 2.37. The Balaban J connectivity index is 1.59. The summed E-state index contributed by atoms with van der Waals surface area (Å²) in [6.45, 7) is 2.48. The van der Waals surface area contributed by atoms with Crippen molar-refractivity contribution in [1.29, 1.82) is 0 Å². The number of anilines is 2. The maximum atomic E-state index is 12.7. The fraction of sp³-hybridized carbons (Fsp3) is 0.304. The zero-order valence-electron chi connectivity index (χ0n) is 16.9. The Labute approximate surface area is 175 Å². The third-order valence-corrected chi connectivity index (χ3v) is 4.67. The normalized spacial score (nSPS) is 13.2. The number of hydrogen-bond donors (Lipinski definition) is 2. The molecule has 2 aromatic rings. The molecular formula is C23H24N4O3. The van der Waals surface area contributed by atoms with Crippen molar-refractivity contribution in [2.24, 2.45) is 10.2 Å². The Morgan fingerprint density at radius 2 is 1.80 bits per heavy atom. The molecule has 0 atom stereocenters. The van der Waals surface area contributed by atoms with Gasteiger partial charge in [0, 0.05) is 31.4 Å². The monoisotopic (exact) mass is 404 g/mol. The average Bonchev–Trinajstić information content (AvgIpc) is 3.53. The molecule has 2 N–H and O–H groups in total. The van der Waals surface area contributed by atoms with E-state index in [1.807, 2.05) is 6.92 Å². The number of ether oxygens (including phenoxy) is 1. The molecule has 154 valence electrons. The summed E-state index contributed by atoms with van der Waals surface area (Å²) < 4.78 is 5.40. The van der Waals surface area contributed by atoms with Gasteiger partial charge in [-0.05, 0) is 43.3 Å². The highest BCUT2D eigenvalue weighted by molar-refractivity contribution is 6.10. The van der Waals surface area contributed by atoms with E-state index in [2.05, 4.69) is 26.8 Å². The molecule has 0 aromatic heterocycles. The Bertz CT molecular complexity index is 971. The second-order valence-electron chi connectivity index (χ2n) is 6.89. The molecular weight excluding hydrogens is 380 g/mol. The van der Waals surface area contributed by atoms with E-state index in [4.69, 9.17) is 11.2 Å². The van der Waals surface area contributed by atoms with E-state index < -0.39 is 5.66 Å². The second-order valence-corrected chi connectivity index (χ2v) is 6.89. The number of amides is 2. The van der Waals surface area contributed by atoms with Gasteiger partial charge in [-0.3, -0.25) is 9.59 Å². The van der Waals surface area contributed by atoms with E-state index in [-0.39, 0.29) is 18.2 Å². The van der Waals surface area contributed by atoms with Crippen molar-refractivity contribution in [2.45, 2.75) is 38.3 Å². The molecule has 0 aliphatic carbocycles. The van der Waals surface area contributed by atoms with Gasteiger partial charge in [-0.2, -0.15) is 10.2 Å². The molecule has 1 aliphatic heterocycles. The lowest BCUT2D eigenvalue weighted by Crippen LogP contribution is -2.20. The third kappa shape index (κ3) is 5.67. The summed E-state index contributed by atoms with van der Waals surface area (Å²) in [6, 6.07) is 14.0. The van der Waals surface area contributed by atoms with Gasteiger partial charge in [-0.25, -0.2) is 0 Å². The topological polar surface area (TPSA) is 92.2 Å². The highest BCUT2D eigenvalue weighted by atomic mass is 16.5. The van der Waals surface area contributed by atoms with Crippen molar-refractivity contribution in [3.05, 3.63) is 54.1 Å². The standard InChI is InChI=1S/C23H24N4O3/c1-3-5-15-23(26-27-23)16-14-21(28)25-20-9-7-6-8-19(20)22(29)24-17-10-12-18(13-11-17)30-4-2/h1,6-13H,4-5,14-16H2,2H3,(H,24,29)(H,25,28). The minimum Gasteiger partial charge on any atom is -0.494 e. The Kier molecular flexibility index (Phi) is 6.81. The van der Waals surface area contributed by atoms with E-state index in [9.17, 15) is 9.59 Å². The van der Waals surface area contributed by atoms with Gasteiger partial charge in [0.2, 0.25) is 5.91 Å². The highest BCUT2D eigenvalue weighted by Gasteiger charge is 2.39. The van der Waals surface area contributed by atoms with Crippen LogP contribution < -0.4 is 15.4 Å². The molecule has 30 heavy (non-hydrogen) atoms. The van der Waals surface area contributed by atoms with Crippen LogP contribution in [0.3, 0.4) is 0 Å². The van der Waals surface area contributed by atoms with Crippen LogP contribution in [-0.4, -0.2) is 24.1 Å². The molecule has 2 amide bonds. The SMILES string of the molecule is C#CCCC1(CCC(=O)Nc2ccccc2C(=O)Nc2ccc(OCC)cc2)N=N1. The molecule has 2 aromatic carbocycles. The minimum atomic E-state index is -0.506. The van der Waals surface area contributed by atoms with Gasteiger partial charge in [-0.15, -0.1) is 12.3 Å². The van der Waals surface area contributed by atoms with Gasteiger partial charge < -0.3 is 15.4 Å². The predicted molar refractivity (Wildman–Crippen MR) is 116 cm³/mol. The molecule has 0 radical (unpaired) electrons. The molecule has 3 rings (SSSR count). The van der Waals surface area contributed by atoms with Crippen LogP contribution in [0.15, 0.2) is 58.8 Å². The summed E-state index contributed by atoms with van der Waals surface area (Å²) in [5, 5.41) is 13.7. The number of benzene rings is 2. The van der Waals surface area contributed by atoms with Crippen LogP contribution in [0, 0.1) is 12.3 Å². The van der Waals surface area contributed by atoms with E-state index >= 15 is 0 Å². The Morgan fingerprint density at radius 3 is 2.47 bits per heavy atom. The van der Waals surface area contributed by atoms with Gasteiger partial charge in [0.05, 0.1) is 17.9 Å². The van der Waals surface area contributed by atoms with Crippen LogP contribution in [0.1, 0.15) is 43.0 Å². The van der Waals surface area contributed by atoms with Gasteiger partial charge in [-0.1, -0.05) is 12.1 Å². The van der Waals surface area contributed by atoms with Crippen molar-refractivity contribution in [1.82, 2.24) is 0 Å². The van der Waals surface area contributed by atoms with Crippen molar-refractivity contribution in [2.75, 3.05) is 17.2 Å². The van der Waals surface area contributed by atoms with E-state index in [1.54, 1.807) is 48.5 Å². The summed E-state index contributed by atoms with van der Waals surface area (Å²) in [6.07, 6.45) is 7.25. The van der Waals surface area contributed by atoms with Crippen LogP contribution in [-0.2, 0) is 4.79 Å². The largest absolute Gasteiger partial charge is 0.494 e. The van der Waals surface area contributed by atoms with Crippen LogP contribution >= 0.6 is 0 Å². The molecule has 0 spiro atoms. The Hall–Kier alpha value is -3.66. The fourth-order valence-corrected chi connectivity index (χ4v) is 2.98. The number of rotatable bonds is 10. The summed E-state index contributed by atoms with van der Waals surface area (Å²) in [7, 11) is 0. The fourth-order valence-electron chi connectivity index (χ4n) is 2.98. The predicted octanol–water partition coefficient (Wildman–Crippen LogP) is 4.63. The molecule has 0 unspecified atom stereocenters. The van der Waals surface area contributed by atoms with Crippen molar-refractivity contribution < 1.29 is 14.3 Å². The van der Waals surface area contributed by atoms with Crippen molar-refractivity contribution in [3.63, 3.8) is 0 Å². The van der Waals surface area contributed by atoms with E-state index in [0.29, 0.717) is 42.8 Å². The van der Waals surface area contributed by atoms with Crippen LogP contribution in [0.4, 0.5) is 11.4 Å². The van der Waals surface area contributed by atoms with Crippen molar-refractivity contribution >= 4 is 23.2 Å². The number of hydrogen-bond acceptors (Lipinski definition) is 5. The number of carbonyl (C=O) groups excluding carboxylic acids is 2. The van der Waals surface area contributed by atoms with Gasteiger partial charge >= 0.3 is 0 Å². The molecule has 1 aliphatic rings. The molecule has 7 heteroatoms. The second kappa shape index (κ2) is 9.70. The molecule has 0 bridgehead atoms. The quantitative estimate of drug-likeness (QED) is 0.566. The zero-order valence-corrected chi connectivity index (χ0v) is 16.9. The molecule has 0 saturated carbocycles. The summed E-state index contributed by atoms with van der Waals surface area (Å²) in [5.74, 6) is 2.79. The van der Waals surface area contributed by atoms with Crippen LogP contribution in [0.25, 0.3) is 0 Å². The first kappa shape index (κ1) is 21.1. The van der Waals surface area contributed by atoms with Gasteiger partial charge in [0.25, 0.3) is 5.91 Å². The van der Waals surface area contributed by atoms with Crippen LogP contribution in [0.2, 0.25) is 0 Å². The minimum absolute atomic E-state index is 0.200. The molecule has 1 heterocycles. The molecule has 0 fully saturated rings. The van der Waals surface area contributed by atoms with Crippen molar-refractivity contribution in [3.8, 4) is 18.1 Å². The first-order valence-electron chi connectivity index (χ1n) is 9.86. The van der Waals surface area contributed by atoms with Gasteiger partial charge in [0.15, 0.2) is 5.66 Å². The zero-order chi connectivity index (χ0) is 21.4. The first-order valence-corrected chi connectivity index (χ1v) is 9.86. The summed E-state index contributed by atoms with van der Waals surface area (Å²) >= 11 is 0. The van der Waals surface area contributed by atoms with Crippen LogP contribution in [0.5, 0.6) is 5.75 Å². The smallest absolute Gasteiger partial charge is 0.257 e. The number of nitrogens with one attached hydrogen (secondary N) is 2.